The molecule has 0 aliphatic rings. The van der Waals surface area contributed by atoms with Crippen LogP contribution in [0.25, 0.3) is 0 Å². The van der Waals surface area contributed by atoms with Gasteiger partial charge in [-0.15, -0.1) is 0 Å². The van der Waals surface area contributed by atoms with Crippen LogP contribution in [0.2, 0.25) is 0 Å². The number of hydrogen-bond donors (Lipinski definition) is 2. The topological polar surface area (TPSA) is 76.0 Å². The third-order valence-electron chi connectivity index (χ3n) is 1.06. The zero-order valence-electron chi connectivity index (χ0n) is 6.98. The summed E-state index contributed by atoms with van der Waals surface area (Å²) in [6, 6.07) is 0. The van der Waals surface area contributed by atoms with E-state index in [4.69, 9.17) is 10.2 Å². The lowest BCUT2D eigenvalue weighted by Crippen LogP contribution is -2.32. The van der Waals surface area contributed by atoms with Crippen molar-refractivity contribution in [3.05, 3.63) is 12.3 Å². The van der Waals surface area contributed by atoms with E-state index in [1.807, 2.05) is 0 Å². The van der Waals surface area contributed by atoms with Gasteiger partial charge in [0.25, 0.3) is 0 Å². The highest BCUT2D eigenvalue weighted by molar-refractivity contribution is 5.81. The maximum atomic E-state index is 10.7. The van der Waals surface area contributed by atoms with Crippen LogP contribution in [0.4, 0.5) is 0 Å². The fourth-order valence-corrected chi connectivity index (χ4v) is 0.391. The Bertz CT molecular complexity index is 173. The van der Waals surface area contributed by atoms with Gasteiger partial charge in [0.1, 0.15) is 0 Å². The van der Waals surface area contributed by atoms with Crippen LogP contribution >= 0.6 is 0 Å². The van der Waals surface area contributed by atoms with Crippen molar-refractivity contribution < 1.29 is 24.5 Å². The molecule has 0 aliphatic carbocycles. The highest BCUT2D eigenvalue weighted by atomic mass is 16.8. The average Bonchev–Trinajstić information content (AvgIpc) is 2.00. The van der Waals surface area contributed by atoms with Gasteiger partial charge < -0.3 is 19.7 Å². The zero-order valence-corrected chi connectivity index (χ0v) is 6.98. The number of carbonyl (C=O) groups excluding carboxylic acids is 1. The van der Waals surface area contributed by atoms with E-state index >= 15 is 0 Å². The number of aliphatic hydroxyl groups is 2. The van der Waals surface area contributed by atoms with E-state index < -0.39 is 11.9 Å². The fourth-order valence-electron chi connectivity index (χ4n) is 0.391. The molecule has 2 N–H and O–H groups in total. The summed E-state index contributed by atoms with van der Waals surface area (Å²) in [5.74, 6) is -3.27. The fraction of sp³-hybridized carbons (Fsp3) is 0.571. The second-order valence-electron chi connectivity index (χ2n) is 2.06. The number of esters is 1. The van der Waals surface area contributed by atoms with Crippen molar-refractivity contribution in [1.82, 2.24) is 0 Å². The largest absolute Gasteiger partial charge is 0.504 e. The molecule has 0 aromatic heterocycles. The number of rotatable bonds is 4. The number of carbonyl (C=O) groups is 1. The van der Waals surface area contributed by atoms with Gasteiger partial charge >= 0.3 is 11.9 Å². The first-order valence-corrected chi connectivity index (χ1v) is 3.39. The first kappa shape index (κ1) is 10.9. The van der Waals surface area contributed by atoms with Crippen LogP contribution in [0, 0.1) is 0 Å². The molecule has 70 valence electrons. The molecular formula is C7H12O5. The highest BCUT2D eigenvalue weighted by Crippen LogP contribution is 2.06. The van der Waals surface area contributed by atoms with Crippen molar-refractivity contribution >= 4 is 5.97 Å². The van der Waals surface area contributed by atoms with Crippen LogP contribution in [0.5, 0.6) is 0 Å². The van der Waals surface area contributed by atoms with Gasteiger partial charge in [-0.3, -0.25) is 0 Å². The van der Waals surface area contributed by atoms with Crippen molar-refractivity contribution in [2.45, 2.75) is 19.3 Å². The van der Waals surface area contributed by atoms with Gasteiger partial charge in [0.05, 0.1) is 19.4 Å². The van der Waals surface area contributed by atoms with Crippen LogP contribution in [-0.2, 0) is 14.3 Å². The molecule has 0 amide bonds. The summed E-state index contributed by atoms with van der Waals surface area (Å²) < 4.78 is 8.61. The molecule has 0 unspecified atom stereocenters. The SMILES string of the molecule is CCC(O)(O)OC(=O)C=COC. The molecular weight excluding hydrogens is 164 g/mol. The smallest absolute Gasteiger partial charge is 0.338 e. The average molecular weight is 176 g/mol. The van der Waals surface area contributed by atoms with E-state index in [0.717, 1.165) is 12.3 Å². The normalized spacial score (nSPS) is 11.7. The maximum Gasteiger partial charge on any atom is 0.338 e. The molecule has 5 nitrogen and oxygen atoms in total. The Hall–Kier alpha value is -1.07. The Balaban J connectivity index is 3.92. The van der Waals surface area contributed by atoms with E-state index in [1.165, 1.54) is 14.0 Å². The molecule has 0 aromatic carbocycles. The second kappa shape index (κ2) is 4.74. The van der Waals surface area contributed by atoms with E-state index in [2.05, 4.69) is 9.47 Å². The third-order valence-corrected chi connectivity index (χ3v) is 1.06. The van der Waals surface area contributed by atoms with Gasteiger partial charge in [-0.2, -0.15) is 0 Å². The number of methoxy groups -OCH3 is 1. The molecule has 0 aromatic rings. The van der Waals surface area contributed by atoms with Crippen molar-refractivity contribution in [2.24, 2.45) is 0 Å². The number of hydrogen-bond acceptors (Lipinski definition) is 5. The summed E-state index contributed by atoms with van der Waals surface area (Å²) >= 11 is 0. The summed E-state index contributed by atoms with van der Waals surface area (Å²) in [6.45, 7) is 1.47. The molecule has 0 spiro atoms. The van der Waals surface area contributed by atoms with Crippen LogP contribution in [0.3, 0.4) is 0 Å². The molecule has 0 heterocycles. The molecule has 0 radical (unpaired) electrons. The van der Waals surface area contributed by atoms with E-state index in [0.29, 0.717) is 0 Å². The van der Waals surface area contributed by atoms with Gasteiger partial charge in [-0.25, -0.2) is 4.79 Å². The Labute approximate surface area is 70.2 Å². The highest BCUT2D eigenvalue weighted by Gasteiger charge is 2.24. The molecule has 0 bridgehead atoms. The summed E-state index contributed by atoms with van der Waals surface area (Å²) in [4.78, 5) is 10.7. The number of ether oxygens (including phenoxy) is 2. The Morgan fingerprint density at radius 3 is 2.58 bits per heavy atom. The Morgan fingerprint density at radius 2 is 2.17 bits per heavy atom. The minimum atomic E-state index is -2.39. The van der Waals surface area contributed by atoms with Gasteiger partial charge in [-0.1, -0.05) is 6.92 Å². The van der Waals surface area contributed by atoms with Crippen LogP contribution in [0.15, 0.2) is 12.3 Å². The molecule has 0 saturated carbocycles. The molecule has 0 aliphatic heterocycles. The van der Waals surface area contributed by atoms with Crippen molar-refractivity contribution in [3.8, 4) is 0 Å². The van der Waals surface area contributed by atoms with Crippen LogP contribution in [-0.4, -0.2) is 29.3 Å². The quantitative estimate of drug-likeness (QED) is 0.267. The van der Waals surface area contributed by atoms with Gasteiger partial charge in [0.2, 0.25) is 0 Å². The maximum absolute atomic E-state index is 10.7. The molecule has 0 fully saturated rings. The van der Waals surface area contributed by atoms with Gasteiger partial charge in [0, 0.05) is 6.42 Å². The van der Waals surface area contributed by atoms with Gasteiger partial charge in [-0.05, 0) is 0 Å². The predicted octanol–water partition coefficient (Wildman–Crippen LogP) is -0.262. The van der Waals surface area contributed by atoms with Crippen molar-refractivity contribution in [3.63, 3.8) is 0 Å². The third kappa shape index (κ3) is 4.70. The summed E-state index contributed by atoms with van der Waals surface area (Å²) in [5, 5.41) is 17.7. The lowest BCUT2D eigenvalue weighted by Gasteiger charge is -2.17. The minimum absolute atomic E-state index is 0.0977. The lowest BCUT2D eigenvalue weighted by atomic mass is 10.4. The van der Waals surface area contributed by atoms with Crippen LogP contribution < -0.4 is 0 Å². The molecule has 0 atom stereocenters. The predicted molar refractivity (Wildman–Crippen MR) is 39.7 cm³/mol. The Morgan fingerprint density at radius 1 is 1.58 bits per heavy atom. The van der Waals surface area contributed by atoms with Crippen molar-refractivity contribution in [2.75, 3.05) is 7.11 Å². The molecule has 12 heavy (non-hydrogen) atoms. The van der Waals surface area contributed by atoms with Gasteiger partial charge in [0.15, 0.2) is 0 Å². The molecule has 0 rings (SSSR count). The standard InChI is InChI=1S/C7H12O5/c1-3-7(9,10)12-6(8)4-5-11-2/h4-5,9-10H,3H2,1-2H3. The second-order valence-corrected chi connectivity index (χ2v) is 2.06. The first-order valence-electron chi connectivity index (χ1n) is 3.39. The zero-order chi connectivity index (χ0) is 9.61. The van der Waals surface area contributed by atoms with E-state index in [9.17, 15) is 4.79 Å². The molecule has 5 heteroatoms. The van der Waals surface area contributed by atoms with Crippen LogP contribution in [0.1, 0.15) is 13.3 Å². The minimum Gasteiger partial charge on any atom is -0.504 e. The van der Waals surface area contributed by atoms with E-state index in [-0.39, 0.29) is 6.42 Å². The van der Waals surface area contributed by atoms with Crippen molar-refractivity contribution in [1.29, 1.82) is 0 Å². The summed E-state index contributed by atoms with van der Waals surface area (Å²) in [7, 11) is 1.36. The summed E-state index contributed by atoms with van der Waals surface area (Å²) in [6.07, 6.45) is 1.92. The molecule has 0 saturated heterocycles. The summed E-state index contributed by atoms with van der Waals surface area (Å²) in [5.41, 5.74) is 0. The Kier molecular flexibility index (Phi) is 4.31. The first-order chi connectivity index (χ1) is 5.52. The monoisotopic (exact) mass is 176 g/mol. The lowest BCUT2D eigenvalue weighted by molar-refractivity contribution is -0.317. The van der Waals surface area contributed by atoms with E-state index in [1.54, 1.807) is 0 Å².